The van der Waals surface area contributed by atoms with Crippen molar-refractivity contribution in [2.75, 3.05) is 11.1 Å². The largest absolute Gasteiger partial charge is 0.384 e. The van der Waals surface area contributed by atoms with Crippen LogP contribution in [0.5, 0.6) is 0 Å². The van der Waals surface area contributed by atoms with E-state index in [0.29, 0.717) is 11.4 Å². The van der Waals surface area contributed by atoms with Crippen molar-refractivity contribution in [3.63, 3.8) is 0 Å². The Labute approximate surface area is 116 Å². The van der Waals surface area contributed by atoms with Crippen molar-refractivity contribution in [3.8, 4) is 0 Å². The first kappa shape index (κ1) is 12.2. The summed E-state index contributed by atoms with van der Waals surface area (Å²) in [4.78, 5) is 16.0. The molecule has 1 aromatic heterocycles. The number of hydrogen-bond donors (Lipinski definition) is 2. The maximum Gasteiger partial charge on any atom is 0.255 e. The summed E-state index contributed by atoms with van der Waals surface area (Å²) in [6.07, 6.45) is 1.52. The summed E-state index contributed by atoms with van der Waals surface area (Å²) in [5.41, 5.74) is 6.82. The van der Waals surface area contributed by atoms with E-state index in [2.05, 4.69) is 10.3 Å². The fourth-order valence-corrected chi connectivity index (χ4v) is 2.06. The topological polar surface area (TPSA) is 68.0 Å². The number of nitrogen functional groups attached to an aromatic ring is 1. The van der Waals surface area contributed by atoms with E-state index in [9.17, 15) is 4.79 Å². The highest BCUT2D eigenvalue weighted by Crippen LogP contribution is 2.19. The fourth-order valence-electron chi connectivity index (χ4n) is 2.06. The van der Waals surface area contributed by atoms with Crippen LogP contribution in [0, 0.1) is 0 Å². The van der Waals surface area contributed by atoms with Crippen LogP contribution in [0.2, 0.25) is 0 Å². The molecule has 0 radical (unpaired) electrons. The summed E-state index contributed by atoms with van der Waals surface area (Å²) >= 11 is 0. The number of carbonyl (C=O) groups excluding carboxylic acids is 1. The van der Waals surface area contributed by atoms with Crippen molar-refractivity contribution in [1.29, 1.82) is 0 Å². The van der Waals surface area contributed by atoms with Crippen LogP contribution in [0.4, 0.5) is 11.5 Å². The van der Waals surface area contributed by atoms with Crippen molar-refractivity contribution in [3.05, 3.63) is 66.4 Å². The zero-order valence-corrected chi connectivity index (χ0v) is 10.7. The molecule has 1 amide bonds. The average Bonchev–Trinajstić information content (AvgIpc) is 2.47. The van der Waals surface area contributed by atoms with E-state index < -0.39 is 0 Å². The standard InChI is InChI=1S/C16H13N3O/c17-15-10-13(7-8-18-15)16(20)19-14-6-5-11-3-1-2-4-12(11)9-14/h1-10H,(H2,17,18)(H,19,20). The van der Waals surface area contributed by atoms with Crippen molar-refractivity contribution >= 4 is 28.2 Å². The summed E-state index contributed by atoms with van der Waals surface area (Å²) in [5, 5.41) is 5.08. The molecule has 3 aromatic rings. The number of nitrogens with one attached hydrogen (secondary N) is 1. The monoisotopic (exact) mass is 263 g/mol. The first-order valence-corrected chi connectivity index (χ1v) is 6.24. The normalized spacial score (nSPS) is 10.4. The molecule has 0 atom stereocenters. The van der Waals surface area contributed by atoms with Gasteiger partial charge >= 0.3 is 0 Å². The van der Waals surface area contributed by atoms with Crippen molar-refractivity contribution < 1.29 is 4.79 Å². The minimum Gasteiger partial charge on any atom is -0.384 e. The molecule has 4 nitrogen and oxygen atoms in total. The summed E-state index contributed by atoms with van der Waals surface area (Å²) < 4.78 is 0. The number of rotatable bonds is 2. The Hall–Kier alpha value is -2.88. The SMILES string of the molecule is Nc1cc(C(=O)Nc2ccc3ccccc3c2)ccn1. The molecule has 3 rings (SSSR count). The van der Waals surface area contributed by atoms with E-state index in [1.54, 1.807) is 12.1 Å². The quantitative estimate of drug-likeness (QED) is 0.746. The molecule has 3 N–H and O–H groups in total. The van der Waals surface area contributed by atoms with Gasteiger partial charge in [-0.25, -0.2) is 4.98 Å². The molecule has 0 saturated heterocycles. The number of aromatic nitrogens is 1. The van der Waals surface area contributed by atoms with Crippen LogP contribution < -0.4 is 11.1 Å². The zero-order chi connectivity index (χ0) is 13.9. The highest BCUT2D eigenvalue weighted by Gasteiger charge is 2.06. The predicted octanol–water partition coefficient (Wildman–Crippen LogP) is 3.07. The van der Waals surface area contributed by atoms with E-state index in [4.69, 9.17) is 5.73 Å². The van der Waals surface area contributed by atoms with E-state index in [1.807, 2.05) is 42.5 Å². The van der Waals surface area contributed by atoms with Gasteiger partial charge in [-0.05, 0) is 35.0 Å². The van der Waals surface area contributed by atoms with Gasteiger partial charge in [0, 0.05) is 17.4 Å². The van der Waals surface area contributed by atoms with Crippen molar-refractivity contribution in [1.82, 2.24) is 4.98 Å². The number of nitrogens with two attached hydrogens (primary N) is 1. The lowest BCUT2D eigenvalue weighted by Crippen LogP contribution is -2.12. The third-order valence-corrected chi connectivity index (χ3v) is 3.05. The van der Waals surface area contributed by atoms with Gasteiger partial charge in [0.25, 0.3) is 5.91 Å². The second kappa shape index (κ2) is 5.01. The van der Waals surface area contributed by atoms with Gasteiger partial charge in [-0.1, -0.05) is 30.3 Å². The van der Waals surface area contributed by atoms with Crippen LogP contribution in [-0.2, 0) is 0 Å². The summed E-state index contributed by atoms with van der Waals surface area (Å²) in [6, 6.07) is 17.0. The molecule has 0 aliphatic heterocycles. The Balaban J connectivity index is 1.87. The average molecular weight is 263 g/mol. The van der Waals surface area contributed by atoms with Crippen LogP contribution in [0.3, 0.4) is 0 Å². The fraction of sp³-hybridized carbons (Fsp3) is 0. The Morgan fingerprint density at radius 3 is 2.60 bits per heavy atom. The highest BCUT2D eigenvalue weighted by atomic mass is 16.1. The second-order valence-corrected chi connectivity index (χ2v) is 4.49. The highest BCUT2D eigenvalue weighted by molar-refractivity contribution is 6.05. The van der Waals surface area contributed by atoms with Gasteiger partial charge in [0.2, 0.25) is 0 Å². The molecule has 98 valence electrons. The van der Waals surface area contributed by atoms with Crippen LogP contribution in [0.1, 0.15) is 10.4 Å². The molecule has 0 bridgehead atoms. The van der Waals surface area contributed by atoms with E-state index in [1.165, 1.54) is 6.20 Å². The summed E-state index contributed by atoms with van der Waals surface area (Å²) in [7, 11) is 0. The summed E-state index contributed by atoms with van der Waals surface area (Å²) in [5.74, 6) is 0.130. The van der Waals surface area contributed by atoms with Gasteiger partial charge in [-0.2, -0.15) is 0 Å². The number of anilines is 2. The van der Waals surface area contributed by atoms with Gasteiger partial charge in [-0.15, -0.1) is 0 Å². The lowest BCUT2D eigenvalue weighted by molar-refractivity contribution is 0.102. The molecule has 0 spiro atoms. The maximum atomic E-state index is 12.1. The van der Waals surface area contributed by atoms with Crippen LogP contribution in [0.25, 0.3) is 10.8 Å². The number of nitrogens with zero attached hydrogens (tertiary/aromatic N) is 1. The number of benzene rings is 2. The second-order valence-electron chi connectivity index (χ2n) is 4.49. The van der Waals surface area contributed by atoms with Crippen LogP contribution in [0.15, 0.2) is 60.8 Å². The summed E-state index contributed by atoms with van der Waals surface area (Å²) in [6.45, 7) is 0. The van der Waals surface area contributed by atoms with Gasteiger partial charge in [0.05, 0.1) is 0 Å². The molecule has 0 fully saturated rings. The predicted molar refractivity (Wildman–Crippen MR) is 80.6 cm³/mol. The molecule has 0 unspecified atom stereocenters. The van der Waals surface area contributed by atoms with Gasteiger partial charge < -0.3 is 11.1 Å². The van der Waals surface area contributed by atoms with Gasteiger partial charge in [0.15, 0.2) is 0 Å². The minimum atomic E-state index is -0.200. The smallest absolute Gasteiger partial charge is 0.255 e. The first-order chi connectivity index (χ1) is 9.72. The number of pyridine rings is 1. The number of amides is 1. The molecular weight excluding hydrogens is 250 g/mol. The van der Waals surface area contributed by atoms with E-state index in [-0.39, 0.29) is 5.91 Å². The lowest BCUT2D eigenvalue weighted by Gasteiger charge is -2.07. The molecule has 4 heteroatoms. The van der Waals surface area contributed by atoms with Crippen molar-refractivity contribution in [2.24, 2.45) is 0 Å². The molecule has 0 aliphatic rings. The maximum absolute atomic E-state index is 12.1. The van der Waals surface area contributed by atoms with E-state index >= 15 is 0 Å². The molecule has 1 heterocycles. The zero-order valence-electron chi connectivity index (χ0n) is 10.7. The Kier molecular flexibility index (Phi) is 3.05. The Morgan fingerprint density at radius 2 is 1.80 bits per heavy atom. The third kappa shape index (κ3) is 2.44. The number of fused-ring (bicyclic) bond motifs is 1. The number of carbonyl (C=O) groups is 1. The van der Waals surface area contributed by atoms with E-state index in [0.717, 1.165) is 16.5 Å². The Morgan fingerprint density at radius 1 is 1.00 bits per heavy atom. The first-order valence-electron chi connectivity index (χ1n) is 6.24. The molecule has 0 saturated carbocycles. The lowest BCUT2D eigenvalue weighted by atomic mass is 10.1. The molecule has 20 heavy (non-hydrogen) atoms. The third-order valence-electron chi connectivity index (χ3n) is 3.05. The van der Waals surface area contributed by atoms with Crippen LogP contribution in [-0.4, -0.2) is 10.9 Å². The molecule has 0 aliphatic carbocycles. The van der Waals surface area contributed by atoms with Gasteiger partial charge in [0.1, 0.15) is 5.82 Å². The molecule has 2 aromatic carbocycles. The van der Waals surface area contributed by atoms with Crippen LogP contribution >= 0.6 is 0 Å². The van der Waals surface area contributed by atoms with Crippen molar-refractivity contribution in [2.45, 2.75) is 0 Å². The molecular formula is C16H13N3O. The van der Waals surface area contributed by atoms with Gasteiger partial charge in [-0.3, -0.25) is 4.79 Å². The number of hydrogen-bond acceptors (Lipinski definition) is 3. The minimum absolute atomic E-state index is 0.200. The Bertz CT molecular complexity index is 783.